The van der Waals surface area contributed by atoms with Gasteiger partial charge in [0, 0.05) is 13.1 Å². The number of guanidine groups is 1. The van der Waals surface area contributed by atoms with Gasteiger partial charge in [-0.15, -0.1) is 24.0 Å². The van der Waals surface area contributed by atoms with Crippen molar-refractivity contribution in [2.24, 2.45) is 22.1 Å². The number of nitrogens with zero attached hydrogens (tertiary/aromatic N) is 1. The quantitative estimate of drug-likeness (QED) is 0.460. The maximum absolute atomic E-state index is 5.80. The molecule has 3 nitrogen and oxygen atoms in total. The number of nitrogens with one attached hydrogen (secondary N) is 1. The van der Waals surface area contributed by atoms with Gasteiger partial charge in [0.1, 0.15) is 0 Å². The molecule has 1 aliphatic carbocycles. The van der Waals surface area contributed by atoms with Crippen LogP contribution in [0.15, 0.2) is 4.99 Å². The topological polar surface area (TPSA) is 50.4 Å². The van der Waals surface area contributed by atoms with Crippen molar-refractivity contribution in [1.29, 1.82) is 0 Å². The summed E-state index contributed by atoms with van der Waals surface area (Å²) in [6.07, 6.45) is 5.21. The van der Waals surface area contributed by atoms with E-state index in [-0.39, 0.29) is 29.4 Å². The molecule has 0 heterocycles. The van der Waals surface area contributed by atoms with Gasteiger partial charge in [0.15, 0.2) is 5.96 Å². The zero-order valence-electron chi connectivity index (χ0n) is 10.8. The molecule has 0 bridgehead atoms. The summed E-state index contributed by atoms with van der Waals surface area (Å²) in [5.74, 6) is 1.45. The highest BCUT2D eigenvalue weighted by Crippen LogP contribution is 2.25. The minimum absolute atomic E-state index is 0. The van der Waals surface area contributed by atoms with Crippen LogP contribution in [-0.4, -0.2) is 19.0 Å². The average molecular weight is 339 g/mol. The van der Waals surface area contributed by atoms with Crippen LogP contribution in [-0.2, 0) is 0 Å². The van der Waals surface area contributed by atoms with Gasteiger partial charge in [-0.2, -0.15) is 0 Å². The fraction of sp³-hybridized carbons (Fsp3) is 0.917. The third-order valence-corrected chi connectivity index (χ3v) is 3.43. The monoisotopic (exact) mass is 339 g/mol. The standard InChI is InChI=1S/C12H25N3.HI/c1-4-12(2,3)9-15-11(13)14-8-10-6-5-7-10;/h10H,4-9H2,1-3H3,(H3,13,14,15);1H. The molecule has 0 saturated heterocycles. The van der Waals surface area contributed by atoms with Crippen LogP contribution in [0.1, 0.15) is 46.5 Å². The molecule has 0 spiro atoms. The molecule has 1 rings (SSSR count). The van der Waals surface area contributed by atoms with E-state index in [1.165, 1.54) is 19.3 Å². The van der Waals surface area contributed by atoms with Gasteiger partial charge < -0.3 is 11.1 Å². The molecular weight excluding hydrogens is 313 g/mol. The van der Waals surface area contributed by atoms with E-state index in [2.05, 4.69) is 31.1 Å². The van der Waals surface area contributed by atoms with Crippen molar-refractivity contribution in [3.8, 4) is 0 Å². The summed E-state index contributed by atoms with van der Waals surface area (Å²) < 4.78 is 0. The van der Waals surface area contributed by atoms with E-state index in [9.17, 15) is 0 Å². The minimum Gasteiger partial charge on any atom is -0.370 e. The Morgan fingerprint density at radius 3 is 2.50 bits per heavy atom. The fourth-order valence-corrected chi connectivity index (χ4v) is 1.41. The predicted molar refractivity (Wildman–Crippen MR) is 81.3 cm³/mol. The summed E-state index contributed by atoms with van der Waals surface area (Å²) in [6, 6.07) is 0. The average Bonchev–Trinajstić information content (AvgIpc) is 2.13. The van der Waals surface area contributed by atoms with Gasteiger partial charge in [-0.25, -0.2) is 0 Å². The molecule has 0 atom stereocenters. The van der Waals surface area contributed by atoms with Crippen molar-refractivity contribution in [1.82, 2.24) is 5.32 Å². The van der Waals surface area contributed by atoms with Crippen LogP contribution in [0.25, 0.3) is 0 Å². The molecule has 16 heavy (non-hydrogen) atoms. The third-order valence-electron chi connectivity index (χ3n) is 3.43. The lowest BCUT2D eigenvalue weighted by molar-refractivity contribution is 0.314. The van der Waals surface area contributed by atoms with Gasteiger partial charge in [0.05, 0.1) is 0 Å². The second-order valence-electron chi connectivity index (χ2n) is 5.40. The zero-order chi connectivity index (χ0) is 11.3. The Bertz CT molecular complexity index is 222. The van der Waals surface area contributed by atoms with Gasteiger partial charge in [0.2, 0.25) is 0 Å². The highest BCUT2D eigenvalue weighted by molar-refractivity contribution is 14.0. The molecule has 0 unspecified atom stereocenters. The number of halogens is 1. The minimum atomic E-state index is 0. The van der Waals surface area contributed by atoms with E-state index < -0.39 is 0 Å². The summed E-state index contributed by atoms with van der Waals surface area (Å²) in [4.78, 5) is 4.38. The normalized spacial score (nSPS) is 17.6. The van der Waals surface area contributed by atoms with Crippen molar-refractivity contribution in [3.63, 3.8) is 0 Å². The van der Waals surface area contributed by atoms with Gasteiger partial charge in [-0.05, 0) is 30.6 Å². The van der Waals surface area contributed by atoms with Gasteiger partial charge >= 0.3 is 0 Å². The Hall–Kier alpha value is 0. The summed E-state index contributed by atoms with van der Waals surface area (Å²) in [5.41, 5.74) is 6.07. The van der Waals surface area contributed by atoms with Crippen molar-refractivity contribution < 1.29 is 0 Å². The summed E-state index contributed by atoms with van der Waals surface area (Å²) in [6.45, 7) is 8.44. The van der Waals surface area contributed by atoms with Crippen LogP contribution in [0.3, 0.4) is 0 Å². The smallest absolute Gasteiger partial charge is 0.188 e. The van der Waals surface area contributed by atoms with Crippen LogP contribution in [0.2, 0.25) is 0 Å². The van der Waals surface area contributed by atoms with Crippen LogP contribution in [0.4, 0.5) is 0 Å². The molecule has 0 radical (unpaired) electrons. The number of hydrogen-bond acceptors (Lipinski definition) is 1. The Kier molecular flexibility index (Phi) is 7.35. The first-order valence-electron chi connectivity index (χ1n) is 6.07. The zero-order valence-corrected chi connectivity index (χ0v) is 13.1. The summed E-state index contributed by atoms with van der Waals surface area (Å²) in [5, 5.41) is 3.21. The van der Waals surface area contributed by atoms with E-state index >= 15 is 0 Å². The molecule has 1 aliphatic rings. The molecule has 3 N–H and O–H groups in total. The maximum Gasteiger partial charge on any atom is 0.188 e. The van der Waals surface area contributed by atoms with Crippen LogP contribution < -0.4 is 11.1 Å². The SMILES string of the molecule is CCC(C)(C)CN=C(N)NCC1CCC1.I. The number of aliphatic imine (C=N–C) groups is 1. The molecule has 0 aliphatic heterocycles. The van der Waals surface area contributed by atoms with Crippen LogP contribution in [0.5, 0.6) is 0 Å². The molecule has 0 aromatic rings. The highest BCUT2D eigenvalue weighted by atomic mass is 127. The highest BCUT2D eigenvalue weighted by Gasteiger charge is 2.17. The Morgan fingerprint density at radius 1 is 1.44 bits per heavy atom. The first-order chi connectivity index (χ1) is 7.03. The largest absolute Gasteiger partial charge is 0.370 e. The molecule has 1 saturated carbocycles. The molecule has 0 aromatic heterocycles. The summed E-state index contributed by atoms with van der Waals surface area (Å²) >= 11 is 0. The van der Waals surface area contributed by atoms with Crippen molar-refractivity contribution in [2.75, 3.05) is 13.1 Å². The lowest BCUT2D eigenvalue weighted by Gasteiger charge is -2.26. The Labute approximate surface area is 117 Å². The third kappa shape index (κ3) is 5.92. The van der Waals surface area contributed by atoms with E-state index in [1.807, 2.05) is 0 Å². The van der Waals surface area contributed by atoms with Crippen LogP contribution in [0, 0.1) is 11.3 Å². The van der Waals surface area contributed by atoms with Crippen molar-refractivity contribution in [2.45, 2.75) is 46.5 Å². The van der Waals surface area contributed by atoms with Crippen molar-refractivity contribution >= 4 is 29.9 Å². The molecule has 96 valence electrons. The molecule has 1 fully saturated rings. The first kappa shape index (κ1) is 16.0. The second-order valence-corrected chi connectivity index (χ2v) is 5.40. The van der Waals surface area contributed by atoms with E-state index in [0.717, 1.165) is 25.4 Å². The predicted octanol–water partition coefficient (Wildman–Crippen LogP) is 2.75. The van der Waals surface area contributed by atoms with Crippen LogP contribution >= 0.6 is 24.0 Å². The van der Waals surface area contributed by atoms with Gasteiger partial charge in [0.25, 0.3) is 0 Å². The van der Waals surface area contributed by atoms with E-state index in [0.29, 0.717) is 5.96 Å². The van der Waals surface area contributed by atoms with Gasteiger partial charge in [-0.3, -0.25) is 4.99 Å². The van der Waals surface area contributed by atoms with Crippen molar-refractivity contribution in [3.05, 3.63) is 0 Å². The van der Waals surface area contributed by atoms with Gasteiger partial charge in [-0.1, -0.05) is 27.2 Å². The molecular formula is C12H26IN3. The maximum atomic E-state index is 5.80. The van der Waals surface area contributed by atoms with E-state index in [4.69, 9.17) is 5.73 Å². The number of nitrogens with two attached hydrogens (primary N) is 1. The lowest BCUT2D eigenvalue weighted by atomic mass is 9.85. The lowest BCUT2D eigenvalue weighted by Crippen LogP contribution is -2.38. The molecule has 0 amide bonds. The Morgan fingerprint density at radius 2 is 2.06 bits per heavy atom. The summed E-state index contributed by atoms with van der Waals surface area (Å²) in [7, 11) is 0. The molecule has 4 heteroatoms. The second kappa shape index (κ2) is 7.35. The molecule has 0 aromatic carbocycles. The fourth-order valence-electron chi connectivity index (χ4n) is 1.41. The number of hydrogen-bond donors (Lipinski definition) is 2. The number of rotatable bonds is 5. The first-order valence-corrected chi connectivity index (χ1v) is 6.07. The van der Waals surface area contributed by atoms with E-state index in [1.54, 1.807) is 0 Å². The Balaban J connectivity index is 0.00000225.